The number of hydrogen-bond donors (Lipinski definition) is 2. The number of carbonyl (C=O) groups is 1. The molecule has 0 unspecified atom stereocenters. The first-order valence-corrected chi connectivity index (χ1v) is 8.48. The lowest BCUT2D eigenvalue weighted by molar-refractivity contribution is -0.137. The van der Waals surface area contributed by atoms with Crippen molar-refractivity contribution in [2.24, 2.45) is 0 Å². The molecule has 0 aromatic heterocycles. The molecular weight excluding hydrogens is 326 g/mol. The van der Waals surface area contributed by atoms with Gasteiger partial charge in [0.1, 0.15) is 11.8 Å². The number of para-hydroxylation sites is 2. The van der Waals surface area contributed by atoms with E-state index in [1.807, 2.05) is 85.8 Å². The van der Waals surface area contributed by atoms with Gasteiger partial charge in [-0.05, 0) is 36.8 Å². The number of carboxylic acids is 1. The van der Waals surface area contributed by atoms with E-state index < -0.39 is 12.0 Å². The molecule has 3 aromatic carbocycles. The Hall–Kier alpha value is -3.27. The Bertz CT molecular complexity index is 860. The highest BCUT2D eigenvalue weighted by Crippen LogP contribution is 2.30. The van der Waals surface area contributed by atoms with E-state index in [1.165, 1.54) is 0 Å². The van der Waals surface area contributed by atoms with Crippen molar-refractivity contribution in [1.82, 2.24) is 0 Å². The van der Waals surface area contributed by atoms with Crippen molar-refractivity contribution in [2.75, 3.05) is 5.32 Å². The number of rotatable bonds is 7. The van der Waals surface area contributed by atoms with E-state index in [2.05, 4.69) is 5.32 Å². The minimum absolute atomic E-state index is 0.384. The lowest BCUT2D eigenvalue weighted by Crippen LogP contribution is -2.31. The average Bonchev–Trinajstić information content (AvgIpc) is 2.65. The fraction of sp³-hybridized carbons (Fsp3) is 0.136. The van der Waals surface area contributed by atoms with Gasteiger partial charge in [0, 0.05) is 6.42 Å². The maximum Gasteiger partial charge on any atom is 0.326 e. The van der Waals surface area contributed by atoms with Gasteiger partial charge in [-0.25, -0.2) is 4.79 Å². The molecule has 0 radical (unpaired) electrons. The molecule has 0 saturated carbocycles. The summed E-state index contributed by atoms with van der Waals surface area (Å²) in [5, 5.41) is 12.7. The second kappa shape index (κ2) is 8.21. The van der Waals surface area contributed by atoms with E-state index in [1.54, 1.807) is 0 Å². The fourth-order valence-corrected chi connectivity index (χ4v) is 2.65. The van der Waals surface area contributed by atoms with Crippen LogP contribution in [0.1, 0.15) is 11.1 Å². The van der Waals surface area contributed by atoms with Crippen molar-refractivity contribution < 1.29 is 14.6 Å². The molecule has 0 saturated heterocycles. The Labute approximate surface area is 153 Å². The Kier molecular flexibility index (Phi) is 5.54. The maximum atomic E-state index is 11.7. The Balaban J connectivity index is 1.79. The Morgan fingerprint density at radius 3 is 2.31 bits per heavy atom. The average molecular weight is 347 g/mol. The first-order chi connectivity index (χ1) is 12.6. The maximum absolute atomic E-state index is 11.7. The number of aliphatic carboxylic acids is 1. The lowest BCUT2D eigenvalue weighted by atomic mass is 10.1. The second-order valence-electron chi connectivity index (χ2n) is 6.14. The molecule has 132 valence electrons. The zero-order valence-corrected chi connectivity index (χ0v) is 14.6. The van der Waals surface area contributed by atoms with Crippen LogP contribution in [-0.2, 0) is 11.2 Å². The summed E-state index contributed by atoms with van der Waals surface area (Å²) in [5.41, 5.74) is 2.76. The molecule has 2 N–H and O–H groups in total. The van der Waals surface area contributed by atoms with E-state index in [-0.39, 0.29) is 0 Å². The highest BCUT2D eigenvalue weighted by Gasteiger charge is 2.19. The van der Waals surface area contributed by atoms with E-state index in [4.69, 9.17) is 4.74 Å². The Morgan fingerprint density at radius 2 is 1.62 bits per heavy atom. The van der Waals surface area contributed by atoms with Crippen LogP contribution in [0.3, 0.4) is 0 Å². The fourth-order valence-electron chi connectivity index (χ4n) is 2.65. The predicted octanol–water partition coefficient (Wildman–Crippen LogP) is 4.90. The molecule has 0 aliphatic carbocycles. The van der Waals surface area contributed by atoms with Gasteiger partial charge in [0.2, 0.25) is 0 Å². The number of ether oxygens (including phenoxy) is 1. The topological polar surface area (TPSA) is 58.6 Å². The van der Waals surface area contributed by atoms with E-state index >= 15 is 0 Å². The number of aryl methyl sites for hydroxylation is 1. The summed E-state index contributed by atoms with van der Waals surface area (Å²) in [5.74, 6) is 0.398. The minimum Gasteiger partial charge on any atom is -0.480 e. The molecular formula is C22H21NO3. The molecule has 0 fully saturated rings. The number of anilines is 1. The molecule has 1 atom stereocenters. The second-order valence-corrected chi connectivity index (χ2v) is 6.14. The van der Waals surface area contributed by atoms with Gasteiger partial charge in [-0.3, -0.25) is 0 Å². The lowest BCUT2D eigenvalue weighted by Gasteiger charge is -2.18. The van der Waals surface area contributed by atoms with Gasteiger partial charge < -0.3 is 15.2 Å². The van der Waals surface area contributed by atoms with Gasteiger partial charge in [-0.15, -0.1) is 0 Å². The summed E-state index contributed by atoms with van der Waals surface area (Å²) in [6.45, 7) is 2.01. The molecule has 3 rings (SSSR count). The van der Waals surface area contributed by atoms with Crippen LogP contribution >= 0.6 is 0 Å². The molecule has 3 aromatic rings. The summed E-state index contributed by atoms with van der Waals surface area (Å²) >= 11 is 0. The van der Waals surface area contributed by atoms with Gasteiger partial charge in [0.25, 0.3) is 0 Å². The number of nitrogens with one attached hydrogen (secondary N) is 1. The summed E-state index contributed by atoms with van der Waals surface area (Å²) in [7, 11) is 0. The van der Waals surface area contributed by atoms with Gasteiger partial charge in [0.15, 0.2) is 5.75 Å². The van der Waals surface area contributed by atoms with Crippen molar-refractivity contribution in [2.45, 2.75) is 19.4 Å². The van der Waals surface area contributed by atoms with Crippen LogP contribution < -0.4 is 10.1 Å². The zero-order chi connectivity index (χ0) is 18.4. The van der Waals surface area contributed by atoms with Crippen molar-refractivity contribution in [3.63, 3.8) is 0 Å². The molecule has 0 amide bonds. The standard InChI is InChI=1S/C22H21NO3/c1-16-11-13-18(14-12-16)26-21-10-6-5-9-19(21)23-20(22(24)25)15-17-7-3-2-4-8-17/h2-14,20,23H,15H2,1H3,(H,24,25)/t20-/m0/s1. The van der Waals surface area contributed by atoms with Crippen LogP contribution in [0.25, 0.3) is 0 Å². The smallest absolute Gasteiger partial charge is 0.326 e. The normalized spacial score (nSPS) is 11.6. The third-order valence-corrected chi connectivity index (χ3v) is 4.05. The monoisotopic (exact) mass is 347 g/mol. The largest absolute Gasteiger partial charge is 0.480 e. The third-order valence-electron chi connectivity index (χ3n) is 4.05. The van der Waals surface area contributed by atoms with Gasteiger partial charge >= 0.3 is 5.97 Å². The molecule has 4 heteroatoms. The Morgan fingerprint density at radius 1 is 0.962 bits per heavy atom. The van der Waals surface area contributed by atoms with Crippen LogP contribution in [0.4, 0.5) is 5.69 Å². The van der Waals surface area contributed by atoms with E-state index in [9.17, 15) is 9.90 Å². The third kappa shape index (κ3) is 4.63. The van der Waals surface area contributed by atoms with Crippen LogP contribution in [0.5, 0.6) is 11.5 Å². The van der Waals surface area contributed by atoms with Crippen LogP contribution in [0.2, 0.25) is 0 Å². The van der Waals surface area contributed by atoms with E-state index in [0.29, 0.717) is 23.6 Å². The molecule has 0 aliphatic rings. The van der Waals surface area contributed by atoms with Gasteiger partial charge in [0.05, 0.1) is 5.69 Å². The van der Waals surface area contributed by atoms with Crippen LogP contribution in [-0.4, -0.2) is 17.1 Å². The summed E-state index contributed by atoms with van der Waals surface area (Å²) < 4.78 is 5.94. The summed E-state index contributed by atoms with van der Waals surface area (Å²) in [6, 6.07) is 23.9. The van der Waals surface area contributed by atoms with Crippen molar-refractivity contribution in [1.29, 1.82) is 0 Å². The summed E-state index contributed by atoms with van der Waals surface area (Å²) in [4.78, 5) is 11.7. The number of benzene rings is 3. The molecule has 0 heterocycles. The molecule has 0 aliphatic heterocycles. The molecule has 0 bridgehead atoms. The summed E-state index contributed by atoms with van der Waals surface area (Å²) in [6.07, 6.45) is 0.384. The number of hydrogen-bond acceptors (Lipinski definition) is 3. The van der Waals surface area contributed by atoms with Gasteiger partial charge in [-0.1, -0.05) is 60.2 Å². The predicted molar refractivity (Wildman–Crippen MR) is 103 cm³/mol. The first-order valence-electron chi connectivity index (χ1n) is 8.48. The molecule has 26 heavy (non-hydrogen) atoms. The first kappa shape index (κ1) is 17.5. The SMILES string of the molecule is Cc1ccc(Oc2ccccc2N[C@@H](Cc2ccccc2)C(=O)O)cc1. The van der Waals surface area contributed by atoms with Crippen LogP contribution in [0, 0.1) is 6.92 Å². The van der Waals surface area contributed by atoms with Gasteiger partial charge in [-0.2, -0.15) is 0 Å². The van der Waals surface area contributed by atoms with E-state index in [0.717, 1.165) is 11.1 Å². The van der Waals surface area contributed by atoms with Crippen molar-refractivity contribution in [3.05, 3.63) is 90.0 Å². The van der Waals surface area contributed by atoms with Crippen molar-refractivity contribution in [3.8, 4) is 11.5 Å². The minimum atomic E-state index is -0.904. The highest BCUT2D eigenvalue weighted by molar-refractivity contribution is 5.78. The quantitative estimate of drug-likeness (QED) is 0.638. The van der Waals surface area contributed by atoms with Crippen LogP contribution in [0.15, 0.2) is 78.9 Å². The molecule has 4 nitrogen and oxygen atoms in total. The zero-order valence-electron chi connectivity index (χ0n) is 14.6. The number of carboxylic acid groups (broad SMARTS) is 1. The van der Waals surface area contributed by atoms with Crippen molar-refractivity contribution >= 4 is 11.7 Å². The highest BCUT2D eigenvalue weighted by atomic mass is 16.5. The molecule has 0 spiro atoms.